The Morgan fingerprint density at radius 1 is 0.938 bits per heavy atom. The van der Waals surface area contributed by atoms with Crippen LogP contribution in [0.25, 0.3) is 0 Å². The predicted molar refractivity (Wildman–Crippen MR) is 123 cm³/mol. The Balaban J connectivity index is 1.42. The molecule has 1 aliphatic rings. The maximum atomic E-state index is 12.9. The number of hydrogen-bond acceptors (Lipinski definition) is 5. The first kappa shape index (κ1) is 21.2. The van der Waals surface area contributed by atoms with Gasteiger partial charge in [0.05, 0.1) is 22.6 Å². The van der Waals surface area contributed by atoms with Crippen LogP contribution in [0.4, 0.5) is 21.9 Å². The van der Waals surface area contributed by atoms with Crippen molar-refractivity contribution in [1.82, 2.24) is 0 Å². The number of hydrogen-bond donors (Lipinski definition) is 2. The van der Waals surface area contributed by atoms with Gasteiger partial charge in [-0.15, -0.1) is 11.8 Å². The number of benzene rings is 3. The molecule has 0 radical (unpaired) electrons. The molecule has 1 heterocycles. The maximum Gasteiger partial charge on any atom is 0.323 e. The zero-order valence-corrected chi connectivity index (χ0v) is 17.6. The van der Waals surface area contributed by atoms with E-state index in [9.17, 15) is 14.4 Å². The van der Waals surface area contributed by atoms with Crippen molar-refractivity contribution >= 4 is 46.7 Å². The first-order valence-electron chi connectivity index (χ1n) is 9.80. The molecule has 0 saturated carbocycles. The highest BCUT2D eigenvalue weighted by atomic mass is 32.2. The van der Waals surface area contributed by atoms with E-state index in [1.165, 1.54) is 11.8 Å². The summed E-state index contributed by atoms with van der Waals surface area (Å²) in [6, 6.07) is 24.2. The lowest BCUT2D eigenvalue weighted by atomic mass is 10.2. The minimum absolute atomic E-state index is 0.0790. The third kappa shape index (κ3) is 4.79. The van der Waals surface area contributed by atoms with Crippen molar-refractivity contribution in [2.75, 3.05) is 15.5 Å². The number of urea groups is 1. The number of rotatable bonds is 5. The molecule has 0 aromatic heterocycles. The molecular weight excluding hydrogens is 424 g/mol. The normalized spacial score (nSPS) is 15.3. The van der Waals surface area contributed by atoms with Crippen LogP contribution < -0.4 is 15.5 Å². The van der Waals surface area contributed by atoms with Gasteiger partial charge >= 0.3 is 6.03 Å². The number of nitrogens with zero attached hydrogens (tertiary/aromatic N) is 2. The fraction of sp³-hybridized carbons (Fsp3) is 0.0833. The molecule has 8 heteroatoms. The van der Waals surface area contributed by atoms with Gasteiger partial charge in [0.2, 0.25) is 11.8 Å². The molecule has 0 bridgehead atoms. The first-order valence-corrected chi connectivity index (χ1v) is 10.7. The zero-order chi connectivity index (χ0) is 22.5. The maximum absolute atomic E-state index is 12.9. The standard InChI is InChI=1S/C24H18N4O3S/c25-15-16-9-11-19(12-10-16)28-22(29)14-21(23(28)30)32-20-8-4-7-18(13-20)27-24(31)26-17-5-2-1-3-6-17/h1-13,21H,14H2,(H2,26,27,31)/t21-/m0/s1. The number of carbonyl (C=O) groups excluding carboxylic acids is 3. The molecule has 2 N–H and O–H groups in total. The Morgan fingerprint density at radius 2 is 1.62 bits per heavy atom. The monoisotopic (exact) mass is 442 g/mol. The number of carbonyl (C=O) groups is 3. The molecule has 158 valence electrons. The highest BCUT2D eigenvalue weighted by molar-refractivity contribution is 8.00. The molecule has 1 aliphatic heterocycles. The van der Waals surface area contributed by atoms with Crippen molar-refractivity contribution in [3.8, 4) is 6.07 Å². The molecule has 0 unspecified atom stereocenters. The molecule has 3 aromatic carbocycles. The highest BCUT2D eigenvalue weighted by Gasteiger charge is 2.40. The molecule has 0 spiro atoms. The molecule has 3 aromatic rings. The third-order valence-electron chi connectivity index (χ3n) is 4.76. The Labute approximate surface area is 189 Å². The summed E-state index contributed by atoms with van der Waals surface area (Å²) in [6.07, 6.45) is 0.0790. The van der Waals surface area contributed by atoms with Gasteiger partial charge in [-0.1, -0.05) is 24.3 Å². The van der Waals surface area contributed by atoms with Gasteiger partial charge in [0.15, 0.2) is 0 Å². The van der Waals surface area contributed by atoms with Crippen LogP contribution in [0.1, 0.15) is 12.0 Å². The summed E-state index contributed by atoms with van der Waals surface area (Å²) in [7, 11) is 0. The van der Waals surface area contributed by atoms with Crippen molar-refractivity contribution in [3.63, 3.8) is 0 Å². The molecular formula is C24H18N4O3S. The summed E-state index contributed by atoms with van der Waals surface area (Å²) < 4.78 is 0. The topological polar surface area (TPSA) is 102 Å². The van der Waals surface area contributed by atoms with Crippen LogP contribution in [0.15, 0.2) is 83.8 Å². The largest absolute Gasteiger partial charge is 0.323 e. The van der Waals surface area contributed by atoms with Gasteiger partial charge in [-0.2, -0.15) is 5.26 Å². The second-order valence-electron chi connectivity index (χ2n) is 7.01. The van der Waals surface area contributed by atoms with E-state index in [0.717, 1.165) is 9.80 Å². The minimum atomic E-state index is -0.563. The molecule has 1 saturated heterocycles. The SMILES string of the molecule is N#Cc1ccc(N2C(=O)C[C@H](Sc3cccc(NC(=O)Nc4ccccc4)c3)C2=O)cc1. The van der Waals surface area contributed by atoms with Crippen molar-refractivity contribution in [3.05, 3.63) is 84.4 Å². The Morgan fingerprint density at radius 3 is 2.34 bits per heavy atom. The van der Waals surface area contributed by atoms with Crippen LogP contribution in [-0.2, 0) is 9.59 Å². The Hall–Kier alpha value is -4.09. The van der Waals surface area contributed by atoms with E-state index < -0.39 is 5.25 Å². The van der Waals surface area contributed by atoms with Crippen LogP contribution in [0.2, 0.25) is 0 Å². The molecule has 4 rings (SSSR count). The number of para-hydroxylation sites is 1. The van der Waals surface area contributed by atoms with E-state index in [2.05, 4.69) is 10.6 Å². The third-order valence-corrected chi connectivity index (χ3v) is 5.94. The van der Waals surface area contributed by atoms with Crippen LogP contribution in [0.3, 0.4) is 0 Å². The summed E-state index contributed by atoms with van der Waals surface area (Å²) in [6.45, 7) is 0. The van der Waals surface area contributed by atoms with Gasteiger partial charge in [0.25, 0.3) is 0 Å². The molecule has 1 atom stereocenters. The lowest BCUT2D eigenvalue weighted by Gasteiger charge is -2.15. The van der Waals surface area contributed by atoms with Gasteiger partial charge in [-0.25, -0.2) is 9.69 Å². The fourth-order valence-electron chi connectivity index (χ4n) is 3.28. The lowest BCUT2D eigenvalue weighted by molar-refractivity contribution is -0.121. The van der Waals surface area contributed by atoms with Gasteiger partial charge in [0, 0.05) is 22.7 Å². The predicted octanol–water partition coefficient (Wildman–Crippen LogP) is 4.63. The highest BCUT2D eigenvalue weighted by Crippen LogP contribution is 2.34. The van der Waals surface area contributed by atoms with E-state index in [-0.39, 0.29) is 24.3 Å². The van der Waals surface area contributed by atoms with E-state index in [1.54, 1.807) is 54.6 Å². The first-order chi connectivity index (χ1) is 15.5. The summed E-state index contributed by atoms with van der Waals surface area (Å²) >= 11 is 1.28. The van der Waals surface area contributed by atoms with Gasteiger partial charge in [-0.05, 0) is 54.6 Å². The number of amides is 4. The van der Waals surface area contributed by atoms with E-state index >= 15 is 0 Å². The smallest absolute Gasteiger partial charge is 0.308 e. The van der Waals surface area contributed by atoms with Crippen molar-refractivity contribution in [2.24, 2.45) is 0 Å². The second-order valence-corrected chi connectivity index (χ2v) is 8.29. The average Bonchev–Trinajstić information content (AvgIpc) is 3.07. The van der Waals surface area contributed by atoms with Crippen LogP contribution in [-0.4, -0.2) is 23.1 Å². The quantitative estimate of drug-likeness (QED) is 0.561. The number of imide groups is 1. The molecule has 1 fully saturated rings. The van der Waals surface area contributed by atoms with Crippen LogP contribution >= 0.6 is 11.8 Å². The average molecular weight is 443 g/mol. The summed E-state index contributed by atoms with van der Waals surface area (Å²) in [4.78, 5) is 39.5. The number of anilines is 3. The zero-order valence-electron chi connectivity index (χ0n) is 16.8. The summed E-state index contributed by atoms with van der Waals surface area (Å²) in [5.74, 6) is -0.585. The molecule has 4 amide bonds. The number of nitriles is 1. The Kier molecular flexibility index (Phi) is 6.19. The van der Waals surface area contributed by atoms with Gasteiger partial charge < -0.3 is 10.6 Å². The minimum Gasteiger partial charge on any atom is -0.308 e. The van der Waals surface area contributed by atoms with E-state index in [0.29, 0.717) is 22.6 Å². The summed E-state index contributed by atoms with van der Waals surface area (Å²) in [5.41, 5.74) is 2.16. The number of thioether (sulfide) groups is 1. The van der Waals surface area contributed by atoms with Gasteiger partial charge in [-0.3, -0.25) is 9.59 Å². The summed E-state index contributed by atoms with van der Waals surface area (Å²) in [5, 5.41) is 13.9. The van der Waals surface area contributed by atoms with Crippen LogP contribution in [0, 0.1) is 11.3 Å². The van der Waals surface area contributed by atoms with E-state index in [1.807, 2.05) is 30.3 Å². The van der Waals surface area contributed by atoms with E-state index in [4.69, 9.17) is 5.26 Å². The van der Waals surface area contributed by atoms with Crippen molar-refractivity contribution < 1.29 is 14.4 Å². The number of nitrogens with one attached hydrogen (secondary N) is 2. The second kappa shape index (κ2) is 9.37. The lowest BCUT2D eigenvalue weighted by Crippen LogP contribution is -2.31. The molecule has 32 heavy (non-hydrogen) atoms. The Bertz CT molecular complexity index is 1210. The van der Waals surface area contributed by atoms with Crippen molar-refractivity contribution in [2.45, 2.75) is 16.6 Å². The molecule has 7 nitrogen and oxygen atoms in total. The molecule has 0 aliphatic carbocycles. The van der Waals surface area contributed by atoms with Gasteiger partial charge in [0.1, 0.15) is 0 Å². The van der Waals surface area contributed by atoms with Crippen molar-refractivity contribution in [1.29, 1.82) is 5.26 Å². The van der Waals surface area contributed by atoms with Crippen LogP contribution in [0.5, 0.6) is 0 Å². The fourth-order valence-corrected chi connectivity index (χ4v) is 4.39.